The molecule has 1 aromatic rings. The van der Waals surface area contributed by atoms with Crippen molar-refractivity contribution in [3.63, 3.8) is 0 Å². The minimum absolute atomic E-state index is 0. The highest BCUT2D eigenvalue weighted by molar-refractivity contribution is 5.97. The second kappa shape index (κ2) is 7.26. The second-order valence-electron chi connectivity index (χ2n) is 5.19. The van der Waals surface area contributed by atoms with E-state index in [-0.39, 0.29) is 29.8 Å². The van der Waals surface area contributed by atoms with E-state index in [1.807, 2.05) is 12.1 Å². The van der Waals surface area contributed by atoms with Gasteiger partial charge in [-0.15, -0.1) is 0 Å². The van der Waals surface area contributed by atoms with E-state index in [0.717, 1.165) is 23.3 Å². The summed E-state index contributed by atoms with van der Waals surface area (Å²) in [7, 11) is 2.11. The highest BCUT2D eigenvalue weighted by Gasteiger charge is 2.23. The lowest BCUT2D eigenvalue weighted by Gasteiger charge is -2.31. The van der Waals surface area contributed by atoms with Crippen LogP contribution in [0.5, 0.6) is 11.5 Å². The smallest absolute Gasteiger partial charge is 0.217 e. The van der Waals surface area contributed by atoms with Gasteiger partial charge in [-0.25, -0.2) is 0 Å². The Kier molecular flexibility index (Phi) is 6.26. The van der Waals surface area contributed by atoms with Crippen LogP contribution in [0, 0.1) is 0 Å². The van der Waals surface area contributed by atoms with Gasteiger partial charge >= 0.3 is 0 Å². The number of carbonyl (C=O) groups excluding carboxylic acids is 1. The lowest BCUT2D eigenvalue weighted by Crippen LogP contribution is -3.00. The number of ketones is 1. The first-order chi connectivity index (χ1) is 9.08. The van der Waals surface area contributed by atoms with Crippen LogP contribution in [0.4, 0.5) is 0 Å². The third kappa shape index (κ3) is 3.85. The maximum absolute atomic E-state index is 12.4. The number of likely N-dealkylation sites (N-methyl/N-ethyl adjacent to an activating group) is 1. The average Bonchev–Trinajstić information content (AvgIpc) is 2.46. The Bertz CT molecular complexity index is 472. The first kappa shape index (κ1) is 17.2. The molecule has 0 radical (unpaired) electrons. The molecule has 2 rings (SSSR count). The number of nitrogens with zero attached hydrogens (tertiary/aromatic N) is 1. The molecule has 20 heavy (non-hydrogen) atoms. The summed E-state index contributed by atoms with van der Waals surface area (Å²) in [6.07, 6.45) is 0. The zero-order valence-electron chi connectivity index (χ0n) is 12.3. The van der Waals surface area contributed by atoms with Gasteiger partial charge in [0.05, 0.1) is 20.1 Å². The summed E-state index contributed by atoms with van der Waals surface area (Å²) < 4.78 is 11.7. The molecule has 1 heterocycles. The minimum atomic E-state index is 0. The average molecular weight is 391 g/mol. The maximum atomic E-state index is 12.4. The molecule has 1 aliphatic rings. The lowest BCUT2D eigenvalue weighted by atomic mass is 10.1. The van der Waals surface area contributed by atoms with Gasteiger partial charge in [-0.3, -0.25) is 4.79 Å². The number of hydrogen-bond donors (Lipinski definition) is 0. The highest BCUT2D eigenvalue weighted by atomic mass is 127. The summed E-state index contributed by atoms with van der Waals surface area (Å²) in [5.74, 6) is 1.56. The molecule has 0 N–H and O–H groups in total. The summed E-state index contributed by atoms with van der Waals surface area (Å²) in [5, 5.41) is 0. The zero-order valence-corrected chi connectivity index (χ0v) is 14.5. The predicted molar refractivity (Wildman–Crippen MR) is 73.9 cm³/mol. The van der Waals surface area contributed by atoms with E-state index in [1.165, 1.54) is 0 Å². The predicted octanol–water partition coefficient (Wildman–Crippen LogP) is -0.869. The second-order valence-corrected chi connectivity index (χ2v) is 5.19. The van der Waals surface area contributed by atoms with Crippen LogP contribution in [-0.4, -0.2) is 50.2 Å². The van der Waals surface area contributed by atoms with Gasteiger partial charge in [0.2, 0.25) is 5.78 Å². The Labute approximate surface area is 137 Å². The number of fused-ring (bicyclic) bond motifs is 1. The van der Waals surface area contributed by atoms with Gasteiger partial charge in [0.25, 0.3) is 0 Å². The molecule has 0 saturated carbocycles. The molecular formula is C15H22INO3. The monoisotopic (exact) mass is 391 g/mol. The summed E-state index contributed by atoms with van der Waals surface area (Å²) in [5.41, 5.74) is 0.704. The molecule has 1 aliphatic heterocycles. The molecule has 0 aliphatic carbocycles. The van der Waals surface area contributed by atoms with Crippen molar-refractivity contribution in [2.24, 2.45) is 0 Å². The number of halogens is 1. The van der Waals surface area contributed by atoms with Crippen LogP contribution in [0.2, 0.25) is 0 Å². The molecule has 0 unspecified atom stereocenters. The lowest BCUT2D eigenvalue weighted by molar-refractivity contribution is -0.897. The van der Waals surface area contributed by atoms with Gasteiger partial charge in [0.1, 0.15) is 19.8 Å². The molecule has 0 atom stereocenters. The van der Waals surface area contributed by atoms with Crippen molar-refractivity contribution < 1.29 is 42.7 Å². The van der Waals surface area contributed by atoms with Crippen LogP contribution in [0.3, 0.4) is 0 Å². The fourth-order valence-electron chi connectivity index (χ4n) is 2.10. The van der Waals surface area contributed by atoms with Crippen LogP contribution in [-0.2, 0) is 0 Å². The third-order valence-electron chi connectivity index (χ3n) is 3.92. The normalized spacial score (nSPS) is 13.6. The van der Waals surface area contributed by atoms with E-state index in [2.05, 4.69) is 20.9 Å². The molecule has 0 spiro atoms. The molecule has 0 amide bonds. The van der Waals surface area contributed by atoms with E-state index in [4.69, 9.17) is 9.47 Å². The fourth-order valence-corrected chi connectivity index (χ4v) is 2.10. The molecule has 0 aromatic heterocycles. The molecular weight excluding hydrogens is 369 g/mol. The van der Waals surface area contributed by atoms with Crippen molar-refractivity contribution in [1.82, 2.24) is 0 Å². The summed E-state index contributed by atoms with van der Waals surface area (Å²) in [6.45, 7) is 7.76. The van der Waals surface area contributed by atoms with Gasteiger partial charge in [-0.05, 0) is 32.0 Å². The van der Waals surface area contributed by atoms with Crippen LogP contribution in [0.15, 0.2) is 18.2 Å². The van der Waals surface area contributed by atoms with Crippen molar-refractivity contribution in [3.05, 3.63) is 23.8 Å². The summed E-state index contributed by atoms with van der Waals surface area (Å²) in [4.78, 5) is 12.4. The highest BCUT2D eigenvalue weighted by Crippen LogP contribution is 2.31. The topological polar surface area (TPSA) is 35.5 Å². The maximum Gasteiger partial charge on any atom is 0.217 e. The Morgan fingerprint density at radius 2 is 1.75 bits per heavy atom. The van der Waals surface area contributed by atoms with Crippen molar-refractivity contribution in [3.8, 4) is 11.5 Å². The Morgan fingerprint density at radius 3 is 2.35 bits per heavy atom. The number of rotatable bonds is 5. The van der Waals surface area contributed by atoms with Crippen LogP contribution >= 0.6 is 0 Å². The van der Waals surface area contributed by atoms with Crippen molar-refractivity contribution in [2.45, 2.75) is 13.8 Å². The molecule has 4 nitrogen and oxygen atoms in total. The number of benzene rings is 1. The number of carbonyl (C=O) groups is 1. The molecule has 0 bridgehead atoms. The van der Waals surface area contributed by atoms with E-state index >= 15 is 0 Å². The van der Waals surface area contributed by atoms with Gasteiger partial charge in [-0.2, -0.15) is 0 Å². The van der Waals surface area contributed by atoms with Gasteiger partial charge in [0.15, 0.2) is 11.5 Å². The van der Waals surface area contributed by atoms with E-state index in [0.29, 0.717) is 31.1 Å². The molecule has 0 fully saturated rings. The standard InChI is InChI=1S/C15H22NO3.HI/c1-4-16(3,5-2)11-13(17)12-6-7-14-15(10-12)19-9-8-18-14;/h6-7,10H,4-5,8-9,11H2,1-3H3;1H/q+1;/p-1. The number of ether oxygens (including phenoxy) is 2. The van der Waals surface area contributed by atoms with Crippen molar-refractivity contribution in [1.29, 1.82) is 0 Å². The SMILES string of the molecule is CC[N+](C)(CC)CC(=O)c1ccc2c(c1)OCCO2.[I-]. The van der Waals surface area contributed by atoms with Gasteiger partial charge in [-0.1, -0.05) is 0 Å². The first-order valence-electron chi connectivity index (χ1n) is 6.84. The zero-order chi connectivity index (χ0) is 13.9. The molecule has 112 valence electrons. The van der Waals surface area contributed by atoms with E-state index in [9.17, 15) is 4.79 Å². The Morgan fingerprint density at radius 1 is 1.15 bits per heavy atom. The number of hydrogen-bond acceptors (Lipinski definition) is 3. The Balaban J connectivity index is 0.00000200. The van der Waals surface area contributed by atoms with E-state index < -0.39 is 0 Å². The van der Waals surface area contributed by atoms with Crippen LogP contribution in [0.25, 0.3) is 0 Å². The molecule has 1 aromatic carbocycles. The van der Waals surface area contributed by atoms with Crippen molar-refractivity contribution in [2.75, 3.05) is 39.9 Å². The number of Topliss-reactive ketones (excluding diaryl/α,β-unsaturated/α-hetero) is 1. The van der Waals surface area contributed by atoms with Crippen molar-refractivity contribution >= 4 is 5.78 Å². The first-order valence-corrected chi connectivity index (χ1v) is 6.84. The van der Waals surface area contributed by atoms with Gasteiger partial charge in [0, 0.05) is 5.56 Å². The quantitative estimate of drug-likeness (QED) is 0.372. The number of quaternary nitrogens is 1. The van der Waals surface area contributed by atoms with E-state index in [1.54, 1.807) is 6.07 Å². The Hall–Kier alpha value is -0.820. The minimum Gasteiger partial charge on any atom is -1.00 e. The molecule has 0 saturated heterocycles. The summed E-state index contributed by atoms with van der Waals surface area (Å²) >= 11 is 0. The van der Waals surface area contributed by atoms with Crippen LogP contribution < -0.4 is 33.5 Å². The van der Waals surface area contributed by atoms with Gasteiger partial charge < -0.3 is 37.9 Å². The summed E-state index contributed by atoms with van der Waals surface area (Å²) in [6, 6.07) is 5.45. The molecule has 5 heteroatoms. The largest absolute Gasteiger partial charge is 1.00 e. The van der Waals surface area contributed by atoms with Crippen LogP contribution in [0.1, 0.15) is 24.2 Å². The third-order valence-corrected chi connectivity index (χ3v) is 3.92. The fraction of sp³-hybridized carbons (Fsp3) is 0.533.